The molecule has 2 aliphatic carbocycles. The lowest BCUT2D eigenvalue weighted by Crippen LogP contribution is -2.69. The third-order valence-electron chi connectivity index (χ3n) is 8.73. The van der Waals surface area contributed by atoms with Crippen LogP contribution in [0.2, 0.25) is 0 Å². The third kappa shape index (κ3) is 3.30. The van der Waals surface area contributed by atoms with E-state index in [-0.39, 0.29) is 6.10 Å². The number of hydrogen-bond donors (Lipinski definition) is 1. The lowest BCUT2D eigenvalue weighted by atomic mass is 9.54. The molecule has 5 fully saturated rings. The number of guanidine groups is 1. The van der Waals surface area contributed by atoms with Gasteiger partial charge in [-0.2, -0.15) is 0 Å². The fraction of sp³-hybridized carbons (Fsp3) is 0.720. The first kappa shape index (κ1) is 20.0. The number of likely N-dealkylation sites (tertiary alicyclic amines) is 1. The normalized spacial score (nSPS) is 37.0. The Bertz CT molecular complexity index is 809. The Morgan fingerprint density at radius 2 is 1.97 bits per heavy atom. The zero-order chi connectivity index (χ0) is 20.8. The van der Waals surface area contributed by atoms with Crippen LogP contribution in [-0.2, 0) is 16.0 Å². The molecule has 3 aliphatic heterocycles. The summed E-state index contributed by atoms with van der Waals surface area (Å²) >= 11 is 0. The molecular weight excluding hydrogens is 388 g/mol. The number of aliphatic imine (C=N–C) groups is 1. The summed E-state index contributed by atoms with van der Waals surface area (Å²) in [7, 11) is 1.94. The predicted molar refractivity (Wildman–Crippen MR) is 121 cm³/mol. The van der Waals surface area contributed by atoms with Crippen molar-refractivity contribution in [1.29, 1.82) is 0 Å². The Morgan fingerprint density at radius 3 is 2.77 bits per heavy atom. The largest absolute Gasteiger partial charge is 0.377 e. The van der Waals surface area contributed by atoms with Crippen LogP contribution in [0.3, 0.4) is 0 Å². The number of rotatable bonds is 3. The van der Waals surface area contributed by atoms with Crippen molar-refractivity contribution in [1.82, 2.24) is 15.1 Å². The molecule has 5 aliphatic rings. The second-order valence-electron chi connectivity index (χ2n) is 10.2. The molecule has 0 radical (unpaired) electrons. The highest BCUT2D eigenvalue weighted by Gasteiger charge is 2.65. The second-order valence-corrected chi connectivity index (χ2v) is 10.2. The van der Waals surface area contributed by atoms with Gasteiger partial charge in [-0.25, -0.2) is 0 Å². The number of hydrogen-bond acceptors (Lipinski definition) is 4. The summed E-state index contributed by atoms with van der Waals surface area (Å²) in [5.74, 6) is 1.73. The summed E-state index contributed by atoms with van der Waals surface area (Å²) < 4.78 is 12.4. The van der Waals surface area contributed by atoms with Gasteiger partial charge >= 0.3 is 0 Å². The molecule has 1 aromatic carbocycles. The monoisotopic (exact) mass is 424 g/mol. The molecule has 0 aromatic heterocycles. The van der Waals surface area contributed by atoms with E-state index in [2.05, 4.69) is 45.4 Å². The topological polar surface area (TPSA) is 49.3 Å². The number of ether oxygens (including phenoxy) is 2. The summed E-state index contributed by atoms with van der Waals surface area (Å²) in [5.41, 5.74) is 1.73. The predicted octanol–water partition coefficient (Wildman–Crippen LogP) is 2.49. The molecule has 1 N–H and O–H groups in total. The van der Waals surface area contributed by atoms with Crippen LogP contribution in [0, 0.1) is 11.3 Å². The summed E-state index contributed by atoms with van der Waals surface area (Å²) in [6, 6.07) is 11.8. The molecule has 6 nitrogen and oxygen atoms in total. The number of nitrogens with one attached hydrogen (secondary N) is 1. The standard InChI is InChI=1S/C25H36N4O2/c1-26-24(27-22-19-9-13-31-23(19)25(22)10-5-6-11-25)29-16-20-21(17-29)30-14-12-28(20)15-18-7-3-2-4-8-18/h2-4,7-8,19-23H,5-6,9-17H2,1H3,(H,26,27). The Balaban J connectivity index is 1.15. The minimum absolute atomic E-state index is 0.264. The Labute approximate surface area is 186 Å². The number of morpholine rings is 1. The van der Waals surface area contributed by atoms with Crippen LogP contribution in [-0.4, -0.2) is 79.9 Å². The minimum atomic E-state index is 0.264. The van der Waals surface area contributed by atoms with Gasteiger partial charge in [0.15, 0.2) is 5.96 Å². The molecule has 6 rings (SSSR count). The zero-order valence-corrected chi connectivity index (χ0v) is 18.7. The minimum Gasteiger partial charge on any atom is -0.377 e. The molecule has 3 saturated heterocycles. The van der Waals surface area contributed by atoms with Gasteiger partial charge in [-0.15, -0.1) is 0 Å². The van der Waals surface area contributed by atoms with Crippen LogP contribution < -0.4 is 5.32 Å². The van der Waals surface area contributed by atoms with E-state index in [0.717, 1.165) is 45.4 Å². The second kappa shape index (κ2) is 8.05. The molecule has 5 unspecified atom stereocenters. The van der Waals surface area contributed by atoms with E-state index in [4.69, 9.17) is 14.5 Å². The summed E-state index contributed by atoms with van der Waals surface area (Å²) in [6.45, 7) is 5.67. The molecule has 3 heterocycles. The van der Waals surface area contributed by atoms with Crippen molar-refractivity contribution >= 4 is 5.96 Å². The van der Waals surface area contributed by atoms with Gasteiger partial charge in [0, 0.05) is 57.2 Å². The molecule has 168 valence electrons. The van der Waals surface area contributed by atoms with E-state index in [1.807, 2.05) is 7.05 Å². The van der Waals surface area contributed by atoms with Crippen molar-refractivity contribution in [3.8, 4) is 0 Å². The summed E-state index contributed by atoms with van der Waals surface area (Å²) in [6.07, 6.45) is 7.25. The van der Waals surface area contributed by atoms with E-state index in [0.29, 0.717) is 29.5 Å². The average Bonchev–Trinajstić information content (AvgIpc) is 3.54. The van der Waals surface area contributed by atoms with Gasteiger partial charge in [0.05, 0.1) is 24.9 Å². The van der Waals surface area contributed by atoms with Gasteiger partial charge in [-0.3, -0.25) is 9.89 Å². The maximum Gasteiger partial charge on any atom is 0.194 e. The van der Waals surface area contributed by atoms with Gasteiger partial charge < -0.3 is 19.7 Å². The molecule has 5 atom stereocenters. The molecule has 31 heavy (non-hydrogen) atoms. The summed E-state index contributed by atoms with van der Waals surface area (Å²) in [5, 5.41) is 3.95. The van der Waals surface area contributed by atoms with Crippen molar-refractivity contribution in [2.45, 2.75) is 62.9 Å². The van der Waals surface area contributed by atoms with Crippen LogP contribution in [0.5, 0.6) is 0 Å². The fourth-order valence-electron chi connectivity index (χ4n) is 7.29. The van der Waals surface area contributed by atoms with E-state index >= 15 is 0 Å². The summed E-state index contributed by atoms with van der Waals surface area (Å²) in [4.78, 5) is 9.80. The quantitative estimate of drug-likeness (QED) is 0.597. The van der Waals surface area contributed by atoms with Gasteiger partial charge in [-0.1, -0.05) is 43.2 Å². The first-order chi connectivity index (χ1) is 15.3. The third-order valence-corrected chi connectivity index (χ3v) is 8.73. The molecule has 1 spiro atoms. The Kier molecular flexibility index (Phi) is 5.20. The lowest BCUT2D eigenvalue weighted by Gasteiger charge is -2.57. The number of nitrogens with zero attached hydrogens (tertiary/aromatic N) is 3. The molecule has 6 heteroatoms. The Morgan fingerprint density at radius 1 is 1.13 bits per heavy atom. The first-order valence-electron chi connectivity index (χ1n) is 12.3. The highest BCUT2D eigenvalue weighted by atomic mass is 16.5. The number of benzene rings is 1. The van der Waals surface area contributed by atoms with E-state index in [1.165, 1.54) is 37.7 Å². The van der Waals surface area contributed by atoms with Gasteiger partial charge in [0.1, 0.15) is 0 Å². The smallest absolute Gasteiger partial charge is 0.194 e. The zero-order valence-electron chi connectivity index (χ0n) is 18.7. The van der Waals surface area contributed by atoms with Crippen molar-refractivity contribution in [2.24, 2.45) is 16.3 Å². The lowest BCUT2D eigenvalue weighted by molar-refractivity contribution is -0.125. The molecular formula is C25H36N4O2. The molecule has 0 amide bonds. The van der Waals surface area contributed by atoms with E-state index < -0.39 is 0 Å². The van der Waals surface area contributed by atoms with Crippen LogP contribution in [0.4, 0.5) is 0 Å². The van der Waals surface area contributed by atoms with Crippen molar-refractivity contribution in [2.75, 3.05) is 39.9 Å². The van der Waals surface area contributed by atoms with Crippen LogP contribution in [0.25, 0.3) is 0 Å². The van der Waals surface area contributed by atoms with Gasteiger partial charge in [-0.05, 0) is 24.8 Å². The highest BCUT2D eigenvalue weighted by molar-refractivity contribution is 5.81. The maximum atomic E-state index is 6.22. The van der Waals surface area contributed by atoms with Crippen LogP contribution in [0.1, 0.15) is 37.7 Å². The van der Waals surface area contributed by atoms with E-state index in [9.17, 15) is 0 Å². The average molecular weight is 425 g/mol. The SMILES string of the molecule is CN=C(NC1C2CCOC2C12CCCC2)N1CC2OCCN(Cc3ccccc3)C2C1. The fourth-order valence-corrected chi connectivity index (χ4v) is 7.29. The van der Waals surface area contributed by atoms with Gasteiger partial charge in [0.2, 0.25) is 0 Å². The van der Waals surface area contributed by atoms with Crippen molar-refractivity contribution < 1.29 is 9.47 Å². The van der Waals surface area contributed by atoms with Crippen molar-refractivity contribution in [3.05, 3.63) is 35.9 Å². The highest BCUT2D eigenvalue weighted by Crippen LogP contribution is 2.60. The van der Waals surface area contributed by atoms with E-state index in [1.54, 1.807) is 0 Å². The maximum absolute atomic E-state index is 6.22. The van der Waals surface area contributed by atoms with Crippen LogP contribution >= 0.6 is 0 Å². The molecule has 0 bridgehead atoms. The Hall–Kier alpha value is -1.63. The molecule has 2 saturated carbocycles. The van der Waals surface area contributed by atoms with Gasteiger partial charge in [0.25, 0.3) is 0 Å². The molecule has 1 aromatic rings. The van der Waals surface area contributed by atoms with Crippen LogP contribution in [0.15, 0.2) is 35.3 Å². The first-order valence-corrected chi connectivity index (χ1v) is 12.3. The van der Waals surface area contributed by atoms with Crippen molar-refractivity contribution in [3.63, 3.8) is 0 Å². The number of fused-ring (bicyclic) bond motifs is 3.